The van der Waals surface area contributed by atoms with Crippen molar-refractivity contribution in [2.24, 2.45) is 7.05 Å². The SMILES string of the molecule is CCNC1CCN(c2ccc(-c3ccc4ncn5c(c(C6CCOCC6)c(=O)n5C)c4c3)cc2C(F)(F)F)CC1. The quantitative estimate of drug-likeness (QED) is 0.361. The molecule has 2 aliphatic heterocycles. The number of anilines is 1. The lowest BCUT2D eigenvalue weighted by Gasteiger charge is -2.35. The highest BCUT2D eigenvalue weighted by atomic mass is 19.4. The average Bonchev–Trinajstić information content (AvgIpc) is 3.23. The minimum absolute atomic E-state index is 0.0551. The number of fused-ring (bicyclic) bond motifs is 3. The molecule has 4 aromatic rings. The van der Waals surface area contributed by atoms with Gasteiger partial charge in [-0.15, -0.1) is 0 Å². The van der Waals surface area contributed by atoms with Gasteiger partial charge in [0.05, 0.1) is 16.6 Å². The summed E-state index contributed by atoms with van der Waals surface area (Å²) in [6, 6.07) is 10.5. The van der Waals surface area contributed by atoms with E-state index in [1.165, 1.54) is 6.07 Å². The first-order valence-corrected chi connectivity index (χ1v) is 14.0. The molecular formula is C30H34F3N5O2. The van der Waals surface area contributed by atoms with E-state index in [2.05, 4.69) is 10.3 Å². The molecule has 7 nitrogen and oxygen atoms in total. The first-order chi connectivity index (χ1) is 19.3. The predicted molar refractivity (Wildman–Crippen MR) is 150 cm³/mol. The van der Waals surface area contributed by atoms with Crippen LogP contribution in [0.25, 0.3) is 27.5 Å². The van der Waals surface area contributed by atoms with E-state index >= 15 is 0 Å². The number of halogens is 3. The third-order valence-electron chi connectivity index (χ3n) is 8.48. The predicted octanol–water partition coefficient (Wildman–Crippen LogP) is 5.34. The van der Waals surface area contributed by atoms with Gasteiger partial charge in [-0.2, -0.15) is 13.2 Å². The normalized spacial score (nSPS) is 17.8. The molecule has 6 rings (SSSR count). The van der Waals surface area contributed by atoms with Crippen LogP contribution in [-0.4, -0.2) is 53.1 Å². The number of alkyl halides is 3. The number of nitrogens with one attached hydrogen (secondary N) is 1. The second-order valence-electron chi connectivity index (χ2n) is 10.8. The fourth-order valence-electron chi connectivity index (χ4n) is 6.37. The fraction of sp³-hybridized carbons (Fsp3) is 0.467. The van der Waals surface area contributed by atoms with Crippen LogP contribution in [0.3, 0.4) is 0 Å². The molecule has 0 bridgehead atoms. The van der Waals surface area contributed by atoms with Crippen LogP contribution in [0.4, 0.5) is 18.9 Å². The highest BCUT2D eigenvalue weighted by molar-refractivity contribution is 5.98. The van der Waals surface area contributed by atoms with E-state index < -0.39 is 11.7 Å². The van der Waals surface area contributed by atoms with Gasteiger partial charge >= 0.3 is 6.18 Å². The zero-order valence-corrected chi connectivity index (χ0v) is 22.8. The first-order valence-electron chi connectivity index (χ1n) is 14.0. The number of aromatic nitrogens is 3. The molecule has 0 amide bonds. The number of aryl methyl sites for hydroxylation is 1. The molecule has 2 saturated heterocycles. The van der Waals surface area contributed by atoms with E-state index in [-0.39, 0.29) is 17.2 Å². The van der Waals surface area contributed by atoms with Crippen molar-refractivity contribution in [1.29, 1.82) is 0 Å². The van der Waals surface area contributed by atoms with Crippen LogP contribution in [0.2, 0.25) is 0 Å². The largest absolute Gasteiger partial charge is 0.418 e. The zero-order chi connectivity index (χ0) is 28.0. The van der Waals surface area contributed by atoms with E-state index in [4.69, 9.17) is 4.74 Å². The molecule has 40 heavy (non-hydrogen) atoms. The van der Waals surface area contributed by atoms with Crippen LogP contribution >= 0.6 is 0 Å². The Morgan fingerprint density at radius 1 is 1.02 bits per heavy atom. The monoisotopic (exact) mass is 553 g/mol. The van der Waals surface area contributed by atoms with E-state index in [0.717, 1.165) is 48.7 Å². The molecule has 2 aliphatic rings. The summed E-state index contributed by atoms with van der Waals surface area (Å²) in [7, 11) is 1.71. The number of piperidine rings is 1. The number of hydrogen-bond acceptors (Lipinski definition) is 5. The maximum Gasteiger partial charge on any atom is 0.418 e. The summed E-state index contributed by atoms with van der Waals surface area (Å²) >= 11 is 0. The number of rotatable bonds is 5. The lowest BCUT2D eigenvalue weighted by Crippen LogP contribution is -2.43. The second kappa shape index (κ2) is 10.6. The van der Waals surface area contributed by atoms with Gasteiger partial charge in [-0.3, -0.25) is 4.79 Å². The summed E-state index contributed by atoms with van der Waals surface area (Å²) < 4.78 is 51.9. The molecule has 0 aliphatic carbocycles. The minimum atomic E-state index is -4.49. The molecule has 10 heteroatoms. The average molecular weight is 554 g/mol. The van der Waals surface area contributed by atoms with Crippen LogP contribution in [0, 0.1) is 0 Å². The zero-order valence-electron chi connectivity index (χ0n) is 22.8. The summed E-state index contributed by atoms with van der Waals surface area (Å²) in [5, 5.41) is 4.16. The van der Waals surface area contributed by atoms with Gasteiger partial charge in [0.25, 0.3) is 5.56 Å². The Morgan fingerprint density at radius 3 is 2.42 bits per heavy atom. The topological polar surface area (TPSA) is 63.8 Å². The molecule has 2 fully saturated rings. The Kier molecular flexibility index (Phi) is 7.08. The summed E-state index contributed by atoms with van der Waals surface area (Å²) in [5.41, 5.74) is 2.85. The Bertz CT molecular complexity index is 1600. The molecule has 0 radical (unpaired) electrons. The van der Waals surface area contributed by atoms with E-state index in [1.54, 1.807) is 40.8 Å². The minimum Gasteiger partial charge on any atom is -0.381 e. The molecule has 212 valence electrons. The van der Waals surface area contributed by atoms with Gasteiger partial charge in [-0.25, -0.2) is 14.2 Å². The summed E-state index contributed by atoms with van der Waals surface area (Å²) in [6.07, 6.45) is 0.274. The third kappa shape index (κ3) is 4.77. The summed E-state index contributed by atoms with van der Waals surface area (Å²) in [6.45, 7) is 5.25. The lowest BCUT2D eigenvalue weighted by atomic mass is 9.91. The Balaban J connectivity index is 1.44. The Labute approximate surface area is 230 Å². The highest BCUT2D eigenvalue weighted by Crippen LogP contribution is 2.41. The van der Waals surface area contributed by atoms with Crippen molar-refractivity contribution in [3.63, 3.8) is 0 Å². The smallest absolute Gasteiger partial charge is 0.381 e. The number of hydrogen-bond donors (Lipinski definition) is 1. The number of nitrogens with zero attached hydrogens (tertiary/aromatic N) is 4. The molecule has 1 N–H and O–H groups in total. The second-order valence-corrected chi connectivity index (χ2v) is 10.8. The van der Waals surface area contributed by atoms with Crippen molar-refractivity contribution >= 4 is 22.1 Å². The van der Waals surface area contributed by atoms with Gasteiger partial charge < -0.3 is 15.0 Å². The standard InChI is InChI=1S/C30H34F3N5O2/c1-3-34-22-8-12-37(13-9-22)26-7-5-21(17-24(26)30(31,32)33)20-4-6-25-23(16-20)28-27(19-10-14-40-15-11-19)29(39)36(2)38(28)18-35-25/h4-7,16-19,22,34H,3,8-15H2,1-2H3. The van der Waals surface area contributed by atoms with Gasteiger partial charge in [0.2, 0.25) is 0 Å². The maximum atomic E-state index is 14.4. The van der Waals surface area contributed by atoms with Crippen LogP contribution in [0.15, 0.2) is 47.5 Å². The Morgan fingerprint density at radius 2 is 1.73 bits per heavy atom. The lowest BCUT2D eigenvalue weighted by molar-refractivity contribution is -0.137. The van der Waals surface area contributed by atoms with Gasteiger partial charge in [-0.05, 0) is 73.5 Å². The van der Waals surface area contributed by atoms with Crippen LogP contribution < -0.4 is 15.8 Å². The van der Waals surface area contributed by atoms with Crippen molar-refractivity contribution in [2.45, 2.75) is 50.7 Å². The molecule has 0 atom stereocenters. The van der Waals surface area contributed by atoms with Crippen molar-refractivity contribution in [3.8, 4) is 11.1 Å². The molecule has 0 spiro atoms. The summed E-state index contributed by atoms with van der Waals surface area (Å²) in [4.78, 5) is 19.7. The van der Waals surface area contributed by atoms with Crippen molar-refractivity contribution in [2.75, 3.05) is 37.7 Å². The van der Waals surface area contributed by atoms with Crippen molar-refractivity contribution in [3.05, 3.63) is 64.2 Å². The van der Waals surface area contributed by atoms with Gasteiger partial charge in [-0.1, -0.05) is 19.1 Å². The van der Waals surface area contributed by atoms with Crippen LogP contribution in [-0.2, 0) is 18.0 Å². The molecule has 2 aromatic heterocycles. The van der Waals surface area contributed by atoms with Crippen LogP contribution in [0.5, 0.6) is 0 Å². The van der Waals surface area contributed by atoms with E-state index in [1.807, 2.05) is 24.0 Å². The number of benzene rings is 2. The van der Waals surface area contributed by atoms with E-state index in [9.17, 15) is 18.0 Å². The molecule has 2 aromatic carbocycles. The number of ether oxygens (including phenoxy) is 1. The fourth-order valence-corrected chi connectivity index (χ4v) is 6.37. The molecule has 0 saturated carbocycles. The molecular weight excluding hydrogens is 519 g/mol. The third-order valence-corrected chi connectivity index (χ3v) is 8.48. The van der Waals surface area contributed by atoms with Crippen molar-refractivity contribution < 1.29 is 17.9 Å². The molecule has 0 unspecified atom stereocenters. The van der Waals surface area contributed by atoms with Crippen LogP contribution in [0.1, 0.15) is 49.7 Å². The molecule has 4 heterocycles. The Hall–Kier alpha value is -3.37. The van der Waals surface area contributed by atoms with Gasteiger partial charge in [0.1, 0.15) is 6.33 Å². The maximum absolute atomic E-state index is 14.4. The van der Waals surface area contributed by atoms with Gasteiger partial charge in [0, 0.05) is 56.0 Å². The van der Waals surface area contributed by atoms with Gasteiger partial charge in [0.15, 0.2) is 0 Å². The van der Waals surface area contributed by atoms with Crippen molar-refractivity contribution in [1.82, 2.24) is 19.5 Å². The highest BCUT2D eigenvalue weighted by Gasteiger charge is 2.36. The first kappa shape index (κ1) is 26.8. The summed E-state index contributed by atoms with van der Waals surface area (Å²) in [5.74, 6) is 0.0551. The van der Waals surface area contributed by atoms with E-state index in [0.29, 0.717) is 49.0 Å².